The molecule has 1 atom stereocenters. The van der Waals surface area contributed by atoms with E-state index in [-0.39, 0.29) is 37.5 Å². The van der Waals surface area contributed by atoms with Crippen LogP contribution in [0, 0.1) is 0 Å². The van der Waals surface area contributed by atoms with Crippen molar-refractivity contribution in [3.05, 3.63) is 109 Å². The highest BCUT2D eigenvalue weighted by atomic mass is 16.6. The van der Waals surface area contributed by atoms with Crippen LogP contribution in [-0.2, 0) is 28.6 Å². The summed E-state index contributed by atoms with van der Waals surface area (Å²) in [5.41, 5.74) is 0. The molecule has 0 aromatic heterocycles. The Labute approximate surface area is 406 Å². The summed E-state index contributed by atoms with van der Waals surface area (Å²) in [5, 5.41) is 0. The SMILES string of the molecule is CC/C=C\C/C=C\C/C=C\C/C=C\C/C=C\C/C=C\C/C=C\C/C=C\C/C=C\CCCC(=O)OCC(COC(=O)CCCCCCC)OC(=O)CCCCCCCCCCCCCCCC. The first kappa shape index (κ1) is 62.1. The molecule has 0 N–H and O–H groups in total. The summed E-state index contributed by atoms with van der Waals surface area (Å²) in [7, 11) is 0. The molecule has 0 aliphatic rings. The number of carbonyl (C=O) groups excluding carboxylic acids is 3. The van der Waals surface area contributed by atoms with Gasteiger partial charge >= 0.3 is 17.9 Å². The van der Waals surface area contributed by atoms with Gasteiger partial charge in [0.1, 0.15) is 13.2 Å². The van der Waals surface area contributed by atoms with Gasteiger partial charge in [0.05, 0.1) is 0 Å². The van der Waals surface area contributed by atoms with Crippen molar-refractivity contribution in [2.24, 2.45) is 0 Å². The van der Waals surface area contributed by atoms with Crippen LogP contribution in [0.5, 0.6) is 0 Å². The van der Waals surface area contributed by atoms with Crippen molar-refractivity contribution in [2.45, 2.75) is 239 Å². The topological polar surface area (TPSA) is 78.9 Å². The third kappa shape index (κ3) is 51.1. The molecule has 374 valence electrons. The third-order valence-corrected chi connectivity index (χ3v) is 11.0. The van der Waals surface area contributed by atoms with Crippen LogP contribution in [0.1, 0.15) is 233 Å². The molecule has 0 heterocycles. The Hall–Kier alpha value is -3.93. The summed E-state index contributed by atoms with van der Waals surface area (Å²) in [5.74, 6) is -0.975. The Morgan fingerprint density at radius 2 is 0.591 bits per heavy atom. The smallest absolute Gasteiger partial charge is 0.306 e. The quantitative estimate of drug-likeness (QED) is 0.0262. The summed E-state index contributed by atoms with van der Waals surface area (Å²) >= 11 is 0. The van der Waals surface area contributed by atoms with E-state index in [1.165, 1.54) is 70.6 Å². The molecular weight excluding hydrogens is 817 g/mol. The number of carbonyl (C=O) groups is 3. The lowest BCUT2D eigenvalue weighted by Crippen LogP contribution is -2.30. The number of ether oxygens (including phenoxy) is 3. The first-order valence-electron chi connectivity index (χ1n) is 26.9. The van der Waals surface area contributed by atoms with E-state index in [1.54, 1.807) is 0 Å². The lowest BCUT2D eigenvalue weighted by Gasteiger charge is -2.18. The number of allylic oxidation sites excluding steroid dienone is 18. The van der Waals surface area contributed by atoms with Crippen LogP contribution in [0.3, 0.4) is 0 Å². The highest BCUT2D eigenvalue weighted by Gasteiger charge is 2.19. The zero-order valence-electron chi connectivity index (χ0n) is 42.7. The van der Waals surface area contributed by atoms with Crippen LogP contribution in [0.4, 0.5) is 0 Å². The van der Waals surface area contributed by atoms with E-state index in [1.807, 2.05) is 0 Å². The van der Waals surface area contributed by atoms with Crippen molar-refractivity contribution in [3.8, 4) is 0 Å². The number of hydrogen-bond donors (Lipinski definition) is 0. The van der Waals surface area contributed by atoms with Crippen molar-refractivity contribution >= 4 is 17.9 Å². The number of hydrogen-bond acceptors (Lipinski definition) is 6. The monoisotopic (exact) mass is 915 g/mol. The zero-order valence-corrected chi connectivity index (χ0v) is 42.7. The van der Waals surface area contributed by atoms with Crippen LogP contribution >= 0.6 is 0 Å². The van der Waals surface area contributed by atoms with Crippen LogP contribution in [0.15, 0.2) is 109 Å². The van der Waals surface area contributed by atoms with E-state index in [2.05, 4.69) is 130 Å². The second-order valence-corrected chi connectivity index (χ2v) is 17.4. The average Bonchev–Trinajstić information content (AvgIpc) is 3.31. The van der Waals surface area contributed by atoms with Crippen LogP contribution < -0.4 is 0 Å². The summed E-state index contributed by atoms with van der Waals surface area (Å²) in [6, 6.07) is 0. The molecule has 0 amide bonds. The van der Waals surface area contributed by atoms with Gasteiger partial charge in [-0.3, -0.25) is 14.4 Å². The fourth-order valence-electron chi connectivity index (χ4n) is 7.03. The molecule has 1 unspecified atom stereocenters. The van der Waals surface area contributed by atoms with Gasteiger partial charge in [-0.1, -0.05) is 239 Å². The van der Waals surface area contributed by atoms with E-state index in [0.29, 0.717) is 19.3 Å². The van der Waals surface area contributed by atoms with Gasteiger partial charge in [0.2, 0.25) is 0 Å². The van der Waals surface area contributed by atoms with Crippen molar-refractivity contribution in [1.29, 1.82) is 0 Å². The van der Waals surface area contributed by atoms with Gasteiger partial charge in [-0.15, -0.1) is 0 Å². The summed E-state index contributed by atoms with van der Waals surface area (Å²) in [4.78, 5) is 37.6. The maximum atomic E-state index is 12.7. The minimum atomic E-state index is -0.796. The molecule has 0 spiro atoms. The van der Waals surface area contributed by atoms with E-state index in [4.69, 9.17) is 14.2 Å². The Balaban J connectivity index is 4.23. The van der Waals surface area contributed by atoms with E-state index < -0.39 is 6.10 Å². The summed E-state index contributed by atoms with van der Waals surface area (Å²) < 4.78 is 16.6. The Bertz CT molecular complexity index is 1370. The average molecular weight is 915 g/mol. The van der Waals surface area contributed by atoms with Crippen molar-refractivity contribution in [2.75, 3.05) is 13.2 Å². The molecule has 0 saturated heterocycles. The van der Waals surface area contributed by atoms with Crippen LogP contribution in [0.2, 0.25) is 0 Å². The maximum Gasteiger partial charge on any atom is 0.306 e. The lowest BCUT2D eigenvalue weighted by molar-refractivity contribution is -0.167. The number of rotatable bonds is 47. The third-order valence-electron chi connectivity index (χ3n) is 11.0. The molecule has 6 nitrogen and oxygen atoms in total. The molecule has 0 aromatic rings. The van der Waals surface area contributed by atoms with Gasteiger partial charge in [0, 0.05) is 19.3 Å². The minimum Gasteiger partial charge on any atom is -0.462 e. The highest BCUT2D eigenvalue weighted by molar-refractivity contribution is 5.71. The van der Waals surface area contributed by atoms with Gasteiger partial charge in [-0.25, -0.2) is 0 Å². The van der Waals surface area contributed by atoms with Gasteiger partial charge in [-0.05, 0) is 83.5 Å². The molecule has 0 rings (SSSR count). The van der Waals surface area contributed by atoms with Gasteiger partial charge in [0.15, 0.2) is 6.10 Å². The molecule has 0 bridgehead atoms. The van der Waals surface area contributed by atoms with Crippen molar-refractivity contribution in [1.82, 2.24) is 0 Å². The first-order valence-corrected chi connectivity index (χ1v) is 26.9. The van der Waals surface area contributed by atoms with E-state index in [9.17, 15) is 14.4 Å². The lowest BCUT2D eigenvalue weighted by atomic mass is 10.0. The fourth-order valence-corrected chi connectivity index (χ4v) is 7.03. The van der Waals surface area contributed by atoms with Gasteiger partial charge in [0.25, 0.3) is 0 Å². The van der Waals surface area contributed by atoms with Crippen molar-refractivity contribution < 1.29 is 28.6 Å². The van der Waals surface area contributed by atoms with Crippen LogP contribution in [0.25, 0.3) is 0 Å². The second kappa shape index (κ2) is 53.7. The predicted molar refractivity (Wildman–Crippen MR) is 283 cm³/mol. The van der Waals surface area contributed by atoms with E-state index >= 15 is 0 Å². The fraction of sp³-hybridized carbons (Fsp3) is 0.650. The summed E-state index contributed by atoms with van der Waals surface area (Å²) in [6.45, 7) is 6.38. The van der Waals surface area contributed by atoms with Gasteiger partial charge < -0.3 is 14.2 Å². The van der Waals surface area contributed by atoms with E-state index in [0.717, 1.165) is 116 Å². The van der Waals surface area contributed by atoms with Crippen molar-refractivity contribution in [3.63, 3.8) is 0 Å². The molecule has 66 heavy (non-hydrogen) atoms. The molecule has 0 aliphatic carbocycles. The predicted octanol–water partition coefficient (Wildman–Crippen LogP) is 17.9. The molecular formula is C60H98O6. The normalized spacial score (nSPS) is 13.0. The first-order chi connectivity index (χ1) is 32.5. The standard InChI is InChI=1S/C60H98O6/c1-4-7-10-13-15-17-19-21-23-24-25-26-27-28-29-30-31-32-33-34-35-36-37-39-40-42-44-47-50-53-59(62)65-56-57(55-64-58(61)52-49-46-12-9-6-3)66-60(63)54-51-48-45-43-41-38-22-20-18-16-14-11-8-5-2/h7,10,15,17,21,23,25-26,28-29,31-32,34-35,37,39,42,44,57H,4-6,8-9,11-14,16,18-20,22,24,27,30,33,36,38,40-41,43,45-56H2,1-3H3/b10-7-,17-15-,23-21-,26-25-,29-28-,32-31-,35-34-,39-37-,44-42-. The van der Waals surface area contributed by atoms with Crippen LogP contribution in [-0.4, -0.2) is 37.2 Å². The largest absolute Gasteiger partial charge is 0.462 e. The molecule has 6 heteroatoms. The maximum absolute atomic E-state index is 12.7. The highest BCUT2D eigenvalue weighted by Crippen LogP contribution is 2.14. The molecule has 0 aliphatic heterocycles. The minimum absolute atomic E-state index is 0.0962. The number of unbranched alkanes of at least 4 members (excludes halogenated alkanes) is 18. The Morgan fingerprint density at radius 1 is 0.318 bits per heavy atom. The molecule has 0 aromatic carbocycles. The Morgan fingerprint density at radius 3 is 0.924 bits per heavy atom. The molecule has 0 fully saturated rings. The Kier molecular flexibility index (Phi) is 50.5. The molecule has 0 saturated carbocycles. The second-order valence-electron chi connectivity index (χ2n) is 17.4. The summed E-state index contributed by atoms with van der Waals surface area (Å²) in [6.07, 6.45) is 72.7. The number of esters is 3. The van der Waals surface area contributed by atoms with Gasteiger partial charge in [-0.2, -0.15) is 0 Å². The molecule has 0 radical (unpaired) electrons. The zero-order chi connectivity index (χ0) is 47.9.